The first-order valence-electron chi connectivity index (χ1n) is 6.41. The molecule has 1 aromatic rings. The van der Waals surface area contributed by atoms with E-state index in [1.807, 2.05) is 6.92 Å². The highest BCUT2D eigenvalue weighted by Gasteiger charge is 2.39. The summed E-state index contributed by atoms with van der Waals surface area (Å²) in [4.78, 5) is 0. The Bertz CT molecular complexity index is 510. The van der Waals surface area contributed by atoms with Crippen LogP contribution in [0.25, 0.3) is 5.57 Å². The van der Waals surface area contributed by atoms with Gasteiger partial charge in [0.15, 0.2) is 6.29 Å². The number of hydrogen-bond acceptors (Lipinski definition) is 2. The van der Waals surface area contributed by atoms with Crippen molar-refractivity contribution in [3.05, 3.63) is 53.1 Å². The molecule has 3 atom stereocenters. The first-order valence-corrected chi connectivity index (χ1v) is 6.41. The summed E-state index contributed by atoms with van der Waals surface area (Å²) in [5, 5.41) is 0. The fraction of sp³-hybridized carbons (Fsp3) is 0.375. The van der Waals surface area contributed by atoms with Crippen molar-refractivity contribution in [2.45, 2.75) is 39.3 Å². The molecular weight excluding hydrogens is 224 g/mol. The molecule has 1 aromatic carbocycles. The Balaban J connectivity index is 1.99. The molecule has 1 heterocycles. The molecule has 3 rings (SSSR count). The van der Waals surface area contributed by atoms with Gasteiger partial charge in [-0.3, -0.25) is 0 Å². The number of rotatable bonds is 1. The van der Waals surface area contributed by atoms with Gasteiger partial charge in [-0.1, -0.05) is 42.0 Å². The van der Waals surface area contributed by atoms with E-state index in [0.29, 0.717) is 0 Å². The van der Waals surface area contributed by atoms with Crippen LogP contribution in [0.3, 0.4) is 0 Å². The second-order valence-electron chi connectivity index (χ2n) is 5.08. The Morgan fingerprint density at radius 3 is 2.28 bits per heavy atom. The lowest BCUT2D eigenvalue weighted by Gasteiger charge is -2.24. The average Bonchev–Trinajstić information content (AvgIpc) is 2.74. The fourth-order valence-electron chi connectivity index (χ4n) is 2.59. The van der Waals surface area contributed by atoms with Crippen LogP contribution in [0.5, 0.6) is 0 Å². The minimum atomic E-state index is -0.129. The predicted molar refractivity (Wildman–Crippen MR) is 72.1 cm³/mol. The number of fused-ring (bicyclic) bond motifs is 1. The summed E-state index contributed by atoms with van der Waals surface area (Å²) in [6.45, 7) is 6.16. The minimum absolute atomic E-state index is 0.0349. The van der Waals surface area contributed by atoms with Crippen molar-refractivity contribution in [3.63, 3.8) is 0 Å². The summed E-state index contributed by atoms with van der Waals surface area (Å²) in [7, 11) is 0. The number of aryl methyl sites for hydroxylation is 1. The number of ether oxygens (including phenoxy) is 2. The van der Waals surface area contributed by atoms with Crippen LogP contribution < -0.4 is 0 Å². The predicted octanol–water partition coefficient (Wildman–Crippen LogP) is 3.47. The van der Waals surface area contributed by atoms with Crippen LogP contribution in [0.2, 0.25) is 0 Å². The van der Waals surface area contributed by atoms with E-state index in [-0.39, 0.29) is 18.5 Å². The van der Waals surface area contributed by atoms with E-state index < -0.39 is 0 Å². The van der Waals surface area contributed by atoms with Crippen LogP contribution in [0.1, 0.15) is 25.0 Å². The molecule has 0 bridgehead atoms. The molecule has 2 nitrogen and oxygen atoms in total. The molecule has 0 amide bonds. The van der Waals surface area contributed by atoms with Gasteiger partial charge in [0.05, 0.1) is 0 Å². The molecule has 3 unspecified atom stereocenters. The van der Waals surface area contributed by atoms with Crippen molar-refractivity contribution in [2.75, 3.05) is 0 Å². The Morgan fingerprint density at radius 2 is 1.56 bits per heavy atom. The van der Waals surface area contributed by atoms with E-state index in [4.69, 9.17) is 9.47 Å². The normalized spacial score (nSPS) is 30.7. The summed E-state index contributed by atoms with van der Waals surface area (Å²) in [5.41, 5.74) is 4.95. The average molecular weight is 242 g/mol. The molecule has 1 aliphatic heterocycles. The van der Waals surface area contributed by atoms with Gasteiger partial charge in [-0.25, -0.2) is 0 Å². The van der Waals surface area contributed by atoms with Crippen molar-refractivity contribution < 1.29 is 9.47 Å². The lowest BCUT2D eigenvalue weighted by molar-refractivity contribution is -0.0415. The molecule has 0 spiro atoms. The van der Waals surface area contributed by atoms with Gasteiger partial charge in [0.1, 0.15) is 12.2 Å². The highest BCUT2D eigenvalue weighted by Crippen LogP contribution is 2.37. The van der Waals surface area contributed by atoms with Gasteiger partial charge in [0.2, 0.25) is 0 Å². The highest BCUT2D eigenvalue weighted by molar-refractivity contribution is 5.73. The molecule has 0 radical (unpaired) electrons. The van der Waals surface area contributed by atoms with Gasteiger partial charge in [-0.15, -0.1) is 0 Å². The summed E-state index contributed by atoms with van der Waals surface area (Å²) < 4.78 is 11.7. The molecular formula is C16H18O2. The zero-order valence-corrected chi connectivity index (χ0v) is 11.0. The van der Waals surface area contributed by atoms with E-state index in [2.05, 4.69) is 50.3 Å². The van der Waals surface area contributed by atoms with Crippen LogP contribution in [-0.2, 0) is 9.47 Å². The van der Waals surface area contributed by atoms with E-state index >= 15 is 0 Å². The molecule has 2 aliphatic rings. The van der Waals surface area contributed by atoms with Gasteiger partial charge in [0, 0.05) is 0 Å². The summed E-state index contributed by atoms with van der Waals surface area (Å²) in [5.74, 6) is 0. The first-order chi connectivity index (χ1) is 8.65. The summed E-state index contributed by atoms with van der Waals surface area (Å²) in [6.07, 6.45) is 4.27. The fourth-order valence-corrected chi connectivity index (χ4v) is 2.59. The molecule has 0 saturated carbocycles. The third-order valence-electron chi connectivity index (χ3n) is 3.62. The molecule has 94 valence electrons. The van der Waals surface area contributed by atoms with Gasteiger partial charge < -0.3 is 9.47 Å². The zero-order chi connectivity index (χ0) is 12.7. The quantitative estimate of drug-likeness (QED) is 0.750. The van der Waals surface area contributed by atoms with Crippen LogP contribution in [0, 0.1) is 6.92 Å². The Hall–Kier alpha value is -1.38. The Morgan fingerprint density at radius 1 is 0.889 bits per heavy atom. The van der Waals surface area contributed by atoms with Crippen molar-refractivity contribution >= 4 is 5.57 Å². The van der Waals surface area contributed by atoms with E-state index in [0.717, 1.165) is 0 Å². The van der Waals surface area contributed by atoms with Gasteiger partial charge in [-0.05, 0) is 37.5 Å². The maximum absolute atomic E-state index is 5.90. The first kappa shape index (κ1) is 11.7. The molecule has 0 N–H and O–H groups in total. The lowest BCUT2D eigenvalue weighted by atomic mass is 9.89. The summed E-state index contributed by atoms with van der Waals surface area (Å²) in [6, 6.07) is 8.57. The smallest absolute Gasteiger partial charge is 0.156 e. The van der Waals surface area contributed by atoms with E-state index in [1.165, 1.54) is 22.3 Å². The molecule has 2 heteroatoms. The monoisotopic (exact) mass is 242 g/mol. The van der Waals surface area contributed by atoms with Crippen molar-refractivity contribution in [3.8, 4) is 0 Å². The van der Waals surface area contributed by atoms with Crippen LogP contribution in [0.15, 0.2) is 42.0 Å². The second-order valence-corrected chi connectivity index (χ2v) is 5.08. The van der Waals surface area contributed by atoms with Crippen LogP contribution in [-0.4, -0.2) is 18.5 Å². The molecule has 1 fully saturated rings. The topological polar surface area (TPSA) is 18.5 Å². The van der Waals surface area contributed by atoms with Crippen molar-refractivity contribution in [2.24, 2.45) is 0 Å². The Labute approximate surface area is 108 Å². The highest BCUT2D eigenvalue weighted by atomic mass is 16.7. The van der Waals surface area contributed by atoms with Gasteiger partial charge >= 0.3 is 0 Å². The molecule has 18 heavy (non-hydrogen) atoms. The number of hydrogen-bond donors (Lipinski definition) is 0. The lowest BCUT2D eigenvalue weighted by Crippen LogP contribution is -2.27. The summed E-state index contributed by atoms with van der Waals surface area (Å²) >= 11 is 0. The third kappa shape index (κ3) is 1.92. The minimum Gasteiger partial charge on any atom is -0.342 e. The second kappa shape index (κ2) is 4.38. The van der Waals surface area contributed by atoms with Gasteiger partial charge in [-0.2, -0.15) is 0 Å². The molecule has 1 saturated heterocycles. The molecule has 1 aliphatic carbocycles. The van der Waals surface area contributed by atoms with E-state index in [1.54, 1.807) is 0 Å². The largest absolute Gasteiger partial charge is 0.342 e. The number of benzene rings is 1. The van der Waals surface area contributed by atoms with Gasteiger partial charge in [0.25, 0.3) is 0 Å². The van der Waals surface area contributed by atoms with Crippen LogP contribution in [0.4, 0.5) is 0 Å². The maximum atomic E-state index is 5.90. The van der Waals surface area contributed by atoms with Crippen molar-refractivity contribution in [1.82, 2.24) is 0 Å². The van der Waals surface area contributed by atoms with Crippen LogP contribution >= 0.6 is 0 Å². The van der Waals surface area contributed by atoms with E-state index in [9.17, 15) is 0 Å². The SMILES string of the molecule is CC1=CC=C(c2ccc(C)cc2)C2OC(C)OC12. The zero-order valence-electron chi connectivity index (χ0n) is 11.0. The maximum Gasteiger partial charge on any atom is 0.156 e. The Kier molecular flexibility index (Phi) is 2.84. The molecule has 0 aromatic heterocycles. The standard InChI is InChI=1S/C16H18O2/c1-10-4-7-13(8-5-10)14-9-6-11(2)15-16(14)18-12(3)17-15/h4-9,12,15-16H,1-3H3. The number of allylic oxidation sites excluding steroid dienone is 2. The van der Waals surface area contributed by atoms with Crippen molar-refractivity contribution in [1.29, 1.82) is 0 Å². The third-order valence-corrected chi connectivity index (χ3v) is 3.62.